The summed E-state index contributed by atoms with van der Waals surface area (Å²) in [5.74, 6) is -0.0347. The molecule has 1 atom stereocenters. The standard InChI is InChI=1S/C32H37N3O3/c1-23-16-18-35(19-17-23)29-15-14-26(21-28(29)31(36)33-22-27-13-8-20-38-27)34-32(37)30(24-9-4-2-5-10-24)25-11-6-3-7-12-25/h2-7,9-12,14-15,21,23,27,30H,8,13,16-20,22H2,1H3,(H,33,36)(H,34,37). The number of carbonyl (C=O) groups excluding carboxylic acids is 2. The zero-order valence-corrected chi connectivity index (χ0v) is 22.1. The predicted molar refractivity (Wildman–Crippen MR) is 152 cm³/mol. The first-order valence-corrected chi connectivity index (χ1v) is 13.8. The normalized spacial score (nSPS) is 17.9. The number of nitrogens with one attached hydrogen (secondary N) is 2. The summed E-state index contributed by atoms with van der Waals surface area (Å²) in [5, 5.41) is 6.19. The van der Waals surface area contributed by atoms with Gasteiger partial charge < -0.3 is 20.3 Å². The van der Waals surface area contributed by atoms with Crippen LogP contribution in [0.3, 0.4) is 0 Å². The Bertz CT molecular complexity index is 1180. The molecule has 2 heterocycles. The van der Waals surface area contributed by atoms with Crippen molar-refractivity contribution in [2.75, 3.05) is 36.5 Å². The van der Waals surface area contributed by atoms with Gasteiger partial charge in [-0.15, -0.1) is 0 Å². The average molecular weight is 512 g/mol. The number of rotatable bonds is 8. The monoisotopic (exact) mass is 511 g/mol. The van der Waals surface area contributed by atoms with E-state index in [-0.39, 0.29) is 17.9 Å². The van der Waals surface area contributed by atoms with Crippen molar-refractivity contribution in [3.05, 3.63) is 95.6 Å². The molecule has 1 unspecified atom stereocenters. The Labute approximate surface area is 225 Å². The molecule has 0 bridgehead atoms. The Morgan fingerprint density at radius 2 is 1.58 bits per heavy atom. The van der Waals surface area contributed by atoms with E-state index >= 15 is 0 Å². The first-order valence-electron chi connectivity index (χ1n) is 13.8. The number of ether oxygens (including phenoxy) is 1. The molecule has 2 fully saturated rings. The van der Waals surface area contributed by atoms with E-state index in [0.29, 0.717) is 23.7 Å². The Kier molecular flexibility index (Phi) is 8.39. The molecule has 0 aromatic heterocycles. The van der Waals surface area contributed by atoms with Crippen molar-refractivity contribution in [3.63, 3.8) is 0 Å². The van der Waals surface area contributed by atoms with Crippen LogP contribution in [0, 0.1) is 5.92 Å². The van der Waals surface area contributed by atoms with Crippen LogP contribution in [0.2, 0.25) is 0 Å². The summed E-state index contributed by atoms with van der Waals surface area (Å²) in [6.07, 6.45) is 4.27. The molecule has 3 aromatic carbocycles. The maximum Gasteiger partial charge on any atom is 0.253 e. The van der Waals surface area contributed by atoms with Crippen LogP contribution in [0.4, 0.5) is 11.4 Å². The topological polar surface area (TPSA) is 70.7 Å². The number of carbonyl (C=O) groups is 2. The quantitative estimate of drug-likeness (QED) is 0.413. The number of hydrogen-bond donors (Lipinski definition) is 2. The Morgan fingerprint density at radius 1 is 0.921 bits per heavy atom. The highest BCUT2D eigenvalue weighted by atomic mass is 16.5. The van der Waals surface area contributed by atoms with Gasteiger partial charge in [0.15, 0.2) is 0 Å². The molecule has 2 N–H and O–H groups in total. The molecule has 6 heteroatoms. The highest BCUT2D eigenvalue weighted by Gasteiger charge is 2.26. The van der Waals surface area contributed by atoms with Crippen LogP contribution in [0.25, 0.3) is 0 Å². The van der Waals surface area contributed by atoms with E-state index in [1.165, 1.54) is 0 Å². The summed E-state index contributed by atoms with van der Waals surface area (Å²) < 4.78 is 5.70. The van der Waals surface area contributed by atoms with Gasteiger partial charge in [-0.2, -0.15) is 0 Å². The van der Waals surface area contributed by atoms with Gasteiger partial charge in [0.25, 0.3) is 5.91 Å². The van der Waals surface area contributed by atoms with Gasteiger partial charge in [0.2, 0.25) is 5.91 Å². The number of amides is 2. The zero-order valence-electron chi connectivity index (χ0n) is 22.1. The molecular weight excluding hydrogens is 474 g/mol. The first-order chi connectivity index (χ1) is 18.6. The van der Waals surface area contributed by atoms with Crippen LogP contribution in [-0.2, 0) is 9.53 Å². The molecule has 2 aliphatic heterocycles. The summed E-state index contributed by atoms with van der Waals surface area (Å²) in [6, 6.07) is 25.3. The molecule has 2 aliphatic rings. The lowest BCUT2D eigenvalue weighted by Gasteiger charge is -2.33. The molecule has 0 radical (unpaired) electrons. The second-order valence-corrected chi connectivity index (χ2v) is 10.5. The molecule has 2 amide bonds. The van der Waals surface area contributed by atoms with E-state index < -0.39 is 5.92 Å². The Hall–Kier alpha value is -3.64. The molecule has 2 saturated heterocycles. The third-order valence-corrected chi connectivity index (χ3v) is 7.68. The minimum atomic E-state index is -0.461. The van der Waals surface area contributed by atoms with Gasteiger partial charge >= 0.3 is 0 Å². The lowest BCUT2D eigenvalue weighted by Crippen LogP contribution is -2.36. The highest BCUT2D eigenvalue weighted by Crippen LogP contribution is 2.31. The van der Waals surface area contributed by atoms with E-state index in [9.17, 15) is 9.59 Å². The Morgan fingerprint density at radius 3 is 2.18 bits per heavy atom. The molecule has 0 saturated carbocycles. The van der Waals surface area contributed by atoms with Gasteiger partial charge in [-0.1, -0.05) is 67.6 Å². The summed E-state index contributed by atoms with van der Waals surface area (Å²) in [6.45, 7) is 5.37. The molecule has 6 nitrogen and oxygen atoms in total. The largest absolute Gasteiger partial charge is 0.376 e. The lowest BCUT2D eigenvalue weighted by atomic mass is 9.90. The average Bonchev–Trinajstić information content (AvgIpc) is 3.47. The van der Waals surface area contributed by atoms with Crippen molar-refractivity contribution in [1.29, 1.82) is 0 Å². The van der Waals surface area contributed by atoms with Gasteiger partial charge in [-0.05, 0) is 60.9 Å². The zero-order chi connectivity index (χ0) is 26.3. The molecule has 3 aromatic rings. The van der Waals surface area contributed by atoms with Crippen molar-refractivity contribution in [1.82, 2.24) is 5.32 Å². The molecule has 5 rings (SSSR count). The van der Waals surface area contributed by atoms with Crippen LogP contribution >= 0.6 is 0 Å². The van der Waals surface area contributed by atoms with E-state index in [0.717, 1.165) is 62.2 Å². The van der Waals surface area contributed by atoms with E-state index in [1.807, 2.05) is 78.9 Å². The van der Waals surface area contributed by atoms with Crippen molar-refractivity contribution in [2.45, 2.75) is 44.6 Å². The summed E-state index contributed by atoms with van der Waals surface area (Å²) in [5.41, 5.74) is 3.96. The van der Waals surface area contributed by atoms with Crippen LogP contribution in [0.1, 0.15) is 60.0 Å². The van der Waals surface area contributed by atoms with Crippen molar-refractivity contribution >= 4 is 23.2 Å². The van der Waals surface area contributed by atoms with Crippen molar-refractivity contribution < 1.29 is 14.3 Å². The third-order valence-electron chi connectivity index (χ3n) is 7.68. The van der Waals surface area contributed by atoms with Gasteiger partial charge in [0.05, 0.1) is 17.6 Å². The molecule has 0 spiro atoms. The summed E-state index contributed by atoms with van der Waals surface area (Å²) >= 11 is 0. The molecule has 198 valence electrons. The number of piperidine rings is 1. The predicted octanol–water partition coefficient (Wildman–Crippen LogP) is 5.60. The first kappa shape index (κ1) is 26.0. The van der Waals surface area contributed by atoms with Crippen LogP contribution in [-0.4, -0.2) is 44.2 Å². The SMILES string of the molecule is CC1CCN(c2ccc(NC(=O)C(c3ccccc3)c3ccccc3)cc2C(=O)NCC2CCCO2)CC1. The molecule has 38 heavy (non-hydrogen) atoms. The summed E-state index contributed by atoms with van der Waals surface area (Å²) in [7, 11) is 0. The maximum absolute atomic E-state index is 13.7. The third kappa shape index (κ3) is 6.25. The van der Waals surface area contributed by atoms with E-state index in [2.05, 4.69) is 22.5 Å². The minimum Gasteiger partial charge on any atom is -0.376 e. The lowest BCUT2D eigenvalue weighted by molar-refractivity contribution is -0.116. The van der Waals surface area contributed by atoms with E-state index in [4.69, 9.17) is 4.74 Å². The fourth-order valence-corrected chi connectivity index (χ4v) is 5.43. The maximum atomic E-state index is 13.7. The van der Waals surface area contributed by atoms with Gasteiger partial charge in [-0.25, -0.2) is 0 Å². The molecule has 0 aliphatic carbocycles. The number of hydrogen-bond acceptors (Lipinski definition) is 4. The summed E-state index contributed by atoms with van der Waals surface area (Å²) in [4.78, 5) is 29.4. The van der Waals surface area contributed by atoms with Crippen LogP contribution < -0.4 is 15.5 Å². The van der Waals surface area contributed by atoms with Crippen LogP contribution in [0.5, 0.6) is 0 Å². The molecular formula is C32H37N3O3. The number of anilines is 2. The van der Waals surface area contributed by atoms with Gasteiger partial charge in [-0.3, -0.25) is 9.59 Å². The highest BCUT2D eigenvalue weighted by molar-refractivity contribution is 6.03. The second kappa shape index (κ2) is 12.3. The Balaban J connectivity index is 1.40. The van der Waals surface area contributed by atoms with E-state index in [1.54, 1.807) is 0 Å². The van der Waals surface area contributed by atoms with Gasteiger partial charge in [0.1, 0.15) is 0 Å². The minimum absolute atomic E-state index is 0.0682. The van der Waals surface area contributed by atoms with Crippen LogP contribution in [0.15, 0.2) is 78.9 Å². The fraction of sp³-hybridized carbons (Fsp3) is 0.375. The number of nitrogens with zero attached hydrogens (tertiary/aromatic N) is 1. The second-order valence-electron chi connectivity index (χ2n) is 10.5. The number of benzene rings is 3. The fourth-order valence-electron chi connectivity index (χ4n) is 5.43. The van der Waals surface area contributed by atoms with Gasteiger partial charge in [0, 0.05) is 37.6 Å². The van der Waals surface area contributed by atoms with Crippen molar-refractivity contribution in [3.8, 4) is 0 Å². The van der Waals surface area contributed by atoms with Crippen molar-refractivity contribution in [2.24, 2.45) is 5.92 Å². The smallest absolute Gasteiger partial charge is 0.253 e.